The summed E-state index contributed by atoms with van der Waals surface area (Å²) in [4.78, 5) is 12.2. The average molecular weight is 307 g/mol. The van der Waals surface area contributed by atoms with E-state index >= 15 is 0 Å². The molecule has 0 aliphatic carbocycles. The first kappa shape index (κ1) is 14.1. The predicted octanol–water partition coefficient (Wildman–Crippen LogP) is 2.82. The highest BCUT2D eigenvalue weighted by atomic mass is 35.5. The number of nitrogens with zero attached hydrogens (tertiary/aromatic N) is 1. The molecule has 1 aliphatic rings. The average Bonchev–Trinajstić information content (AvgIpc) is 3.09. The van der Waals surface area contributed by atoms with Gasteiger partial charge in [0.25, 0.3) is 5.91 Å². The van der Waals surface area contributed by atoms with Crippen molar-refractivity contribution in [2.24, 2.45) is 0 Å². The maximum Gasteiger partial charge on any atom is 0.274 e. The molecule has 6 heteroatoms. The van der Waals surface area contributed by atoms with Crippen molar-refractivity contribution in [3.05, 3.63) is 40.5 Å². The van der Waals surface area contributed by atoms with E-state index in [1.807, 2.05) is 19.1 Å². The lowest BCUT2D eigenvalue weighted by atomic mass is 10.1. The number of hydrogen-bond donors (Lipinski definition) is 1. The summed E-state index contributed by atoms with van der Waals surface area (Å²) in [6, 6.07) is 7.26. The SMILES string of the molecule is Cc1c(C(=O)N[C@H]2CCOC2)noc1-c1ccc(Cl)cc1. The summed E-state index contributed by atoms with van der Waals surface area (Å²) in [6.45, 7) is 3.05. The second-order valence-electron chi connectivity index (χ2n) is 5.03. The van der Waals surface area contributed by atoms with E-state index < -0.39 is 0 Å². The molecule has 0 saturated carbocycles. The molecule has 2 heterocycles. The van der Waals surface area contributed by atoms with Crippen LogP contribution in [-0.2, 0) is 4.74 Å². The zero-order chi connectivity index (χ0) is 14.8. The third-order valence-electron chi connectivity index (χ3n) is 3.51. The van der Waals surface area contributed by atoms with Crippen LogP contribution in [0.25, 0.3) is 11.3 Å². The van der Waals surface area contributed by atoms with Gasteiger partial charge in [0.15, 0.2) is 11.5 Å². The molecule has 0 unspecified atom stereocenters. The van der Waals surface area contributed by atoms with E-state index in [9.17, 15) is 4.79 Å². The number of hydrogen-bond acceptors (Lipinski definition) is 4. The van der Waals surface area contributed by atoms with Gasteiger partial charge in [0.05, 0.1) is 12.6 Å². The Labute approximate surface area is 127 Å². The quantitative estimate of drug-likeness (QED) is 0.947. The minimum atomic E-state index is -0.230. The first-order valence-corrected chi connectivity index (χ1v) is 7.14. The Hall–Kier alpha value is -1.85. The molecule has 1 N–H and O–H groups in total. The Morgan fingerprint density at radius 3 is 2.81 bits per heavy atom. The zero-order valence-corrected chi connectivity index (χ0v) is 12.3. The maximum absolute atomic E-state index is 12.2. The van der Waals surface area contributed by atoms with E-state index in [1.54, 1.807) is 12.1 Å². The molecule has 0 spiro atoms. The summed E-state index contributed by atoms with van der Waals surface area (Å²) in [5.74, 6) is 0.353. The number of amides is 1. The molecule has 21 heavy (non-hydrogen) atoms. The molecular formula is C15H15ClN2O3. The topological polar surface area (TPSA) is 64.4 Å². The molecule has 1 aliphatic heterocycles. The highest BCUT2D eigenvalue weighted by molar-refractivity contribution is 6.30. The number of benzene rings is 1. The van der Waals surface area contributed by atoms with E-state index in [-0.39, 0.29) is 11.9 Å². The molecule has 1 amide bonds. The standard InChI is InChI=1S/C15H15ClN2O3/c1-9-13(15(19)17-12-6-7-20-8-12)18-21-14(9)10-2-4-11(16)5-3-10/h2-5,12H,6-8H2,1H3,(H,17,19)/t12-/m0/s1. The van der Waals surface area contributed by atoms with Gasteiger partial charge >= 0.3 is 0 Å². The van der Waals surface area contributed by atoms with Crippen LogP contribution in [-0.4, -0.2) is 30.3 Å². The normalized spacial score (nSPS) is 17.9. The maximum atomic E-state index is 12.2. The predicted molar refractivity (Wildman–Crippen MR) is 78.4 cm³/mol. The number of rotatable bonds is 3. The highest BCUT2D eigenvalue weighted by Gasteiger charge is 2.24. The van der Waals surface area contributed by atoms with Crippen LogP contribution >= 0.6 is 11.6 Å². The molecule has 1 aromatic heterocycles. The fraction of sp³-hybridized carbons (Fsp3) is 0.333. The largest absolute Gasteiger partial charge is 0.379 e. The summed E-state index contributed by atoms with van der Waals surface area (Å²) in [6.07, 6.45) is 0.826. The van der Waals surface area contributed by atoms with E-state index in [1.165, 1.54) is 0 Å². The van der Waals surface area contributed by atoms with Crippen LogP contribution in [0, 0.1) is 6.92 Å². The smallest absolute Gasteiger partial charge is 0.274 e. The van der Waals surface area contributed by atoms with Gasteiger partial charge < -0.3 is 14.6 Å². The van der Waals surface area contributed by atoms with Crippen LogP contribution < -0.4 is 5.32 Å². The van der Waals surface area contributed by atoms with Gasteiger partial charge in [-0.05, 0) is 37.6 Å². The number of ether oxygens (including phenoxy) is 1. The van der Waals surface area contributed by atoms with Crippen molar-refractivity contribution in [1.29, 1.82) is 0 Å². The second-order valence-corrected chi connectivity index (χ2v) is 5.46. The van der Waals surface area contributed by atoms with Crippen molar-refractivity contribution in [3.63, 3.8) is 0 Å². The minimum absolute atomic E-state index is 0.0487. The number of carbonyl (C=O) groups excluding carboxylic acids is 1. The third-order valence-corrected chi connectivity index (χ3v) is 3.76. The van der Waals surface area contributed by atoms with E-state index in [0.29, 0.717) is 35.3 Å². The number of aromatic nitrogens is 1. The van der Waals surface area contributed by atoms with Crippen LogP contribution in [0.2, 0.25) is 5.02 Å². The Kier molecular flexibility index (Phi) is 3.94. The minimum Gasteiger partial charge on any atom is -0.379 e. The molecule has 5 nitrogen and oxygen atoms in total. The first-order chi connectivity index (χ1) is 10.1. The van der Waals surface area contributed by atoms with E-state index in [0.717, 1.165) is 12.0 Å². The van der Waals surface area contributed by atoms with Crippen LogP contribution in [0.15, 0.2) is 28.8 Å². The van der Waals surface area contributed by atoms with Gasteiger partial charge in [-0.1, -0.05) is 16.8 Å². The van der Waals surface area contributed by atoms with E-state index in [4.69, 9.17) is 20.9 Å². The second kappa shape index (κ2) is 5.87. The lowest BCUT2D eigenvalue weighted by Crippen LogP contribution is -2.35. The van der Waals surface area contributed by atoms with Crippen LogP contribution in [0.1, 0.15) is 22.5 Å². The van der Waals surface area contributed by atoms with Crippen LogP contribution in [0.5, 0.6) is 0 Å². The fourth-order valence-electron chi connectivity index (χ4n) is 2.32. The summed E-state index contributed by atoms with van der Waals surface area (Å²) in [5, 5.41) is 7.45. The third kappa shape index (κ3) is 2.94. The van der Waals surface area contributed by atoms with Crippen LogP contribution in [0.4, 0.5) is 0 Å². The van der Waals surface area contributed by atoms with E-state index in [2.05, 4.69) is 10.5 Å². The molecule has 1 atom stereocenters. The van der Waals surface area contributed by atoms with Gasteiger partial charge in [-0.3, -0.25) is 4.79 Å². The Morgan fingerprint density at radius 1 is 1.38 bits per heavy atom. The Balaban J connectivity index is 1.81. The monoisotopic (exact) mass is 306 g/mol. The lowest BCUT2D eigenvalue weighted by molar-refractivity contribution is 0.0920. The van der Waals surface area contributed by atoms with Gasteiger partial charge in [-0.25, -0.2) is 0 Å². The van der Waals surface area contributed by atoms with Crippen molar-refractivity contribution in [2.45, 2.75) is 19.4 Å². The molecule has 3 rings (SSSR count). The summed E-state index contributed by atoms with van der Waals surface area (Å²) in [7, 11) is 0. The Bertz CT molecular complexity index is 645. The number of nitrogens with one attached hydrogen (secondary N) is 1. The van der Waals surface area contributed by atoms with Crippen molar-refractivity contribution in [2.75, 3.05) is 13.2 Å². The molecule has 0 radical (unpaired) electrons. The molecule has 1 aromatic carbocycles. The summed E-state index contributed by atoms with van der Waals surface area (Å²) >= 11 is 5.87. The molecular weight excluding hydrogens is 292 g/mol. The van der Waals surface area contributed by atoms with Crippen LogP contribution in [0.3, 0.4) is 0 Å². The number of halogens is 1. The van der Waals surface area contributed by atoms with Crippen molar-refractivity contribution >= 4 is 17.5 Å². The highest BCUT2D eigenvalue weighted by Crippen LogP contribution is 2.27. The first-order valence-electron chi connectivity index (χ1n) is 6.76. The molecule has 1 saturated heterocycles. The summed E-state index contributed by atoms with van der Waals surface area (Å²) in [5.41, 5.74) is 1.87. The molecule has 1 fully saturated rings. The van der Waals surface area contributed by atoms with Crippen molar-refractivity contribution in [1.82, 2.24) is 10.5 Å². The zero-order valence-electron chi connectivity index (χ0n) is 11.6. The van der Waals surface area contributed by atoms with Gasteiger partial charge in [-0.15, -0.1) is 0 Å². The van der Waals surface area contributed by atoms with Gasteiger partial charge in [0.1, 0.15) is 0 Å². The molecule has 0 bridgehead atoms. The summed E-state index contributed by atoms with van der Waals surface area (Å²) < 4.78 is 10.6. The molecule has 110 valence electrons. The Morgan fingerprint density at radius 2 is 2.14 bits per heavy atom. The van der Waals surface area contributed by atoms with Crippen molar-refractivity contribution in [3.8, 4) is 11.3 Å². The van der Waals surface area contributed by atoms with Gasteiger partial charge in [-0.2, -0.15) is 0 Å². The fourth-order valence-corrected chi connectivity index (χ4v) is 2.45. The van der Waals surface area contributed by atoms with Crippen molar-refractivity contribution < 1.29 is 14.1 Å². The number of carbonyl (C=O) groups is 1. The molecule has 2 aromatic rings. The lowest BCUT2D eigenvalue weighted by Gasteiger charge is -2.08. The van der Waals surface area contributed by atoms with Gasteiger partial charge in [0.2, 0.25) is 0 Å². The van der Waals surface area contributed by atoms with Gasteiger partial charge in [0, 0.05) is 22.8 Å².